The van der Waals surface area contributed by atoms with Gasteiger partial charge in [-0.25, -0.2) is 0 Å². The molecule has 90 valence electrons. The zero-order valence-corrected chi connectivity index (χ0v) is 11.1. The number of hydrogen-bond acceptors (Lipinski definition) is 3. The van der Waals surface area contributed by atoms with Crippen LogP contribution in [0, 0.1) is 0 Å². The highest BCUT2D eigenvalue weighted by atomic mass is 79.9. The van der Waals surface area contributed by atoms with Crippen LogP contribution in [0.25, 0.3) is 0 Å². The van der Waals surface area contributed by atoms with E-state index in [0.29, 0.717) is 24.8 Å². The number of likely N-dealkylation sites (N-methyl/N-ethyl adjacent to an activating group) is 1. The van der Waals surface area contributed by atoms with E-state index in [2.05, 4.69) is 26.1 Å². The quantitative estimate of drug-likeness (QED) is 0.640. The monoisotopic (exact) mass is 280 g/mol. The molecule has 0 rings (SSSR count). The molecule has 0 radical (unpaired) electrons. The lowest BCUT2D eigenvalue weighted by molar-refractivity contribution is -0.120. The van der Waals surface area contributed by atoms with Gasteiger partial charge >= 0.3 is 0 Å². The number of carbonyl (C=O) groups is 1. The maximum atomic E-state index is 11.2. The molecular formula is C10H21BrN2O2. The first kappa shape index (κ1) is 14.9. The standard InChI is InChI=1S/C10H21BrN2O2/c1-3-13(6-7-14)9(2)8-12-10(15)4-5-11/h9,14H,3-8H2,1-2H3,(H,12,15). The van der Waals surface area contributed by atoms with Gasteiger partial charge in [-0.1, -0.05) is 22.9 Å². The third-order valence-corrected chi connectivity index (χ3v) is 2.73. The molecule has 1 amide bonds. The minimum Gasteiger partial charge on any atom is -0.395 e. The number of aliphatic hydroxyl groups excluding tert-OH is 1. The fourth-order valence-corrected chi connectivity index (χ4v) is 1.74. The van der Waals surface area contributed by atoms with Crippen molar-refractivity contribution in [3.8, 4) is 0 Å². The van der Waals surface area contributed by atoms with Gasteiger partial charge in [-0.05, 0) is 13.5 Å². The molecule has 0 heterocycles. The molecule has 0 aliphatic carbocycles. The summed E-state index contributed by atoms with van der Waals surface area (Å²) in [7, 11) is 0. The topological polar surface area (TPSA) is 52.6 Å². The molecule has 1 unspecified atom stereocenters. The molecule has 5 heteroatoms. The maximum Gasteiger partial charge on any atom is 0.220 e. The van der Waals surface area contributed by atoms with Crippen LogP contribution in [0.5, 0.6) is 0 Å². The SMILES string of the molecule is CCN(CCO)C(C)CNC(=O)CCBr. The molecule has 15 heavy (non-hydrogen) atoms. The van der Waals surface area contributed by atoms with E-state index in [0.717, 1.165) is 6.54 Å². The number of halogens is 1. The Hall–Kier alpha value is -0.130. The van der Waals surface area contributed by atoms with E-state index in [-0.39, 0.29) is 18.6 Å². The molecule has 0 aromatic rings. The van der Waals surface area contributed by atoms with Gasteiger partial charge in [-0.3, -0.25) is 9.69 Å². The van der Waals surface area contributed by atoms with Crippen LogP contribution in [-0.2, 0) is 4.79 Å². The summed E-state index contributed by atoms with van der Waals surface area (Å²) in [6.45, 7) is 6.44. The molecule has 0 spiro atoms. The largest absolute Gasteiger partial charge is 0.395 e. The molecule has 0 aromatic carbocycles. The Kier molecular flexibility index (Phi) is 9.04. The highest BCUT2D eigenvalue weighted by molar-refractivity contribution is 9.09. The van der Waals surface area contributed by atoms with E-state index in [9.17, 15) is 4.79 Å². The molecule has 4 nitrogen and oxygen atoms in total. The average molecular weight is 281 g/mol. The van der Waals surface area contributed by atoms with Crippen LogP contribution in [-0.4, -0.2) is 53.5 Å². The highest BCUT2D eigenvalue weighted by Gasteiger charge is 2.11. The number of carbonyl (C=O) groups excluding carboxylic acids is 1. The number of nitrogens with one attached hydrogen (secondary N) is 1. The molecule has 0 aliphatic heterocycles. The van der Waals surface area contributed by atoms with Gasteiger partial charge in [0.2, 0.25) is 5.91 Å². The van der Waals surface area contributed by atoms with Crippen molar-refractivity contribution >= 4 is 21.8 Å². The van der Waals surface area contributed by atoms with Gasteiger partial charge in [-0.15, -0.1) is 0 Å². The number of alkyl halides is 1. The van der Waals surface area contributed by atoms with E-state index in [4.69, 9.17) is 5.11 Å². The van der Waals surface area contributed by atoms with Crippen molar-refractivity contribution < 1.29 is 9.90 Å². The van der Waals surface area contributed by atoms with Gasteiger partial charge in [0.05, 0.1) is 6.61 Å². The maximum absolute atomic E-state index is 11.2. The normalized spacial score (nSPS) is 12.9. The third kappa shape index (κ3) is 6.87. The Morgan fingerprint density at radius 2 is 2.27 bits per heavy atom. The van der Waals surface area contributed by atoms with Gasteiger partial charge in [-0.2, -0.15) is 0 Å². The van der Waals surface area contributed by atoms with Crippen molar-refractivity contribution in [3.63, 3.8) is 0 Å². The molecule has 0 bridgehead atoms. The van der Waals surface area contributed by atoms with Crippen molar-refractivity contribution in [1.82, 2.24) is 10.2 Å². The molecule has 0 fully saturated rings. The summed E-state index contributed by atoms with van der Waals surface area (Å²) in [6, 6.07) is 0.265. The third-order valence-electron chi connectivity index (χ3n) is 2.33. The second kappa shape index (κ2) is 9.12. The van der Waals surface area contributed by atoms with Crippen molar-refractivity contribution in [2.45, 2.75) is 26.3 Å². The van der Waals surface area contributed by atoms with Crippen LogP contribution >= 0.6 is 15.9 Å². The van der Waals surface area contributed by atoms with E-state index in [1.165, 1.54) is 0 Å². The van der Waals surface area contributed by atoms with Crippen LogP contribution in [0.15, 0.2) is 0 Å². The zero-order chi connectivity index (χ0) is 11.7. The Balaban J connectivity index is 3.79. The van der Waals surface area contributed by atoms with Gasteiger partial charge in [0.1, 0.15) is 0 Å². The predicted octanol–water partition coefficient (Wildman–Crippen LogP) is 0.590. The summed E-state index contributed by atoms with van der Waals surface area (Å²) in [5.41, 5.74) is 0. The van der Waals surface area contributed by atoms with Gasteiger partial charge in [0.15, 0.2) is 0 Å². The Morgan fingerprint density at radius 1 is 1.60 bits per heavy atom. The van der Waals surface area contributed by atoms with Gasteiger partial charge in [0, 0.05) is 30.9 Å². The molecule has 0 aromatic heterocycles. The number of hydrogen-bond donors (Lipinski definition) is 2. The second-order valence-corrected chi connectivity index (χ2v) is 4.24. The lowest BCUT2D eigenvalue weighted by Crippen LogP contribution is -2.43. The summed E-state index contributed by atoms with van der Waals surface area (Å²) < 4.78 is 0. The Labute approximate surface area is 100 Å². The van der Waals surface area contributed by atoms with E-state index < -0.39 is 0 Å². The number of aliphatic hydroxyl groups is 1. The van der Waals surface area contributed by atoms with E-state index in [1.807, 2.05) is 13.8 Å². The predicted molar refractivity (Wildman–Crippen MR) is 65.2 cm³/mol. The number of amides is 1. The van der Waals surface area contributed by atoms with Crippen molar-refractivity contribution in [2.24, 2.45) is 0 Å². The van der Waals surface area contributed by atoms with E-state index in [1.54, 1.807) is 0 Å². The molecular weight excluding hydrogens is 260 g/mol. The Bertz CT molecular complexity index is 179. The summed E-state index contributed by atoms with van der Waals surface area (Å²) in [5.74, 6) is 0.0683. The van der Waals surface area contributed by atoms with Gasteiger partial charge in [0.25, 0.3) is 0 Å². The van der Waals surface area contributed by atoms with Crippen LogP contribution in [0.2, 0.25) is 0 Å². The highest BCUT2D eigenvalue weighted by Crippen LogP contribution is 1.97. The fraction of sp³-hybridized carbons (Fsp3) is 0.900. The number of rotatable bonds is 8. The zero-order valence-electron chi connectivity index (χ0n) is 9.50. The summed E-state index contributed by atoms with van der Waals surface area (Å²) in [5, 5.41) is 12.4. The molecule has 0 saturated carbocycles. The van der Waals surface area contributed by atoms with Crippen molar-refractivity contribution in [1.29, 1.82) is 0 Å². The minimum atomic E-state index is 0.0683. The first-order valence-electron chi connectivity index (χ1n) is 5.33. The molecule has 0 saturated heterocycles. The second-order valence-electron chi connectivity index (χ2n) is 3.44. The fourth-order valence-electron chi connectivity index (χ4n) is 1.38. The lowest BCUT2D eigenvalue weighted by Gasteiger charge is -2.27. The first-order chi connectivity index (χ1) is 7.15. The van der Waals surface area contributed by atoms with Crippen LogP contribution in [0.3, 0.4) is 0 Å². The average Bonchev–Trinajstić information content (AvgIpc) is 2.23. The molecule has 1 atom stereocenters. The smallest absolute Gasteiger partial charge is 0.220 e. The summed E-state index contributed by atoms with van der Waals surface area (Å²) in [4.78, 5) is 13.3. The summed E-state index contributed by atoms with van der Waals surface area (Å²) in [6.07, 6.45) is 0.513. The molecule has 0 aliphatic rings. The number of nitrogens with zero attached hydrogens (tertiary/aromatic N) is 1. The first-order valence-corrected chi connectivity index (χ1v) is 6.45. The molecule has 2 N–H and O–H groups in total. The van der Waals surface area contributed by atoms with Crippen LogP contribution < -0.4 is 5.32 Å². The lowest BCUT2D eigenvalue weighted by atomic mass is 10.2. The Morgan fingerprint density at radius 3 is 2.73 bits per heavy atom. The summed E-state index contributed by atoms with van der Waals surface area (Å²) >= 11 is 3.22. The van der Waals surface area contributed by atoms with Crippen molar-refractivity contribution in [3.05, 3.63) is 0 Å². The van der Waals surface area contributed by atoms with Crippen LogP contribution in [0.4, 0.5) is 0 Å². The van der Waals surface area contributed by atoms with Crippen LogP contribution in [0.1, 0.15) is 20.3 Å². The van der Waals surface area contributed by atoms with E-state index >= 15 is 0 Å². The minimum absolute atomic E-state index is 0.0683. The van der Waals surface area contributed by atoms with Gasteiger partial charge < -0.3 is 10.4 Å². The van der Waals surface area contributed by atoms with Crippen molar-refractivity contribution in [2.75, 3.05) is 31.6 Å².